The molecule has 4 aromatic heterocycles. The predicted octanol–water partition coefficient (Wildman–Crippen LogP) is 4.35. The van der Waals surface area contributed by atoms with Gasteiger partial charge in [0, 0.05) is 31.5 Å². The van der Waals surface area contributed by atoms with E-state index in [1.54, 1.807) is 6.20 Å². The van der Waals surface area contributed by atoms with Gasteiger partial charge in [0.05, 0.1) is 36.3 Å². The zero-order valence-electron chi connectivity index (χ0n) is 19.8. The third-order valence-corrected chi connectivity index (χ3v) is 7.57. The second-order valence-electron chi connectivity index (χ2n) is 9.14. The van der Waals surface area contributed by atoms with Crippen LogP contribution in [0, 0.1) is 6.92 Å². The van der Waals surface area contributed by atoms with E-state index in [1.807, 2.05) is 43.6 Å². The SMILES string of the molecule is Cc1cc(Nc2nc(O[C@H]3CC[C@H](N4CCOCC4)CC3)c3c(ccn3-c3cccnc3)n2)sn1. The van der Waals surface area contributed by atoms with E-state index < -0.39 is 0 Å². The summed E-state index contributed by atoms with van der Waals surface area (Å²) >= 11 is 1.40. The van der Waals surface area contributed by atoms with Crippen molar-refractivity contribution in [3.8, 4) is 11.6 Å². The van der Waals surface area contributed by atoms with Crippen molar-refractivity contribution < 1.29 is 9.47 Å². The van der Waals surface area contributed by atoms with Crippen LogP contribution in [0.2, 0.25) is 0 Å². The first-order chi connectivity index (χ1) is 17.2. The third-order valence-electron chi connectivity index (χ3n) is 6.77. The molecular formula is C25H29N7O2S. The van der Waals surface area contributed by atoms with E-state index in [0.717, 1.165) is 79.4 Å². The maximum absolute atomic E-state index is 6.62. The highest BCUT2D eigenvalue weighted by Crippen LogP contribution is 2.33. The molecule has 182 valence electrons. The fraction of sp³-hybridized carbons (Fsp3) is 0.440. The van der Waals surface area contributed by atoms with Crippen molar-refractivity contribution >= 4 is 33.5 Å². The molecule has 6 rings (SSSR count). The molecule has 0 radical (unpaired) electrons. The summed E-state index contributed by atoms with van der Waals surface area (Å²) in [7, 11) is 0. The maximum Gasteiger partial charge on any atom is 0.244 e. The van der Waals surface area contributed by atoms with Crippen molar-refractivity contribution in [1.82, 2.24) is 28.8 Å². The number of ether oxygens (including phenoxy) is 2. The number of fused-ring (bicyclic) bond motifs is 1. The van der Waals surface area contributed by atoms with Crippen LogP contribution in [0.5, 0.6) is 5.88 Å². The summed E-state index contributed by atoms with van der Waals surface area (Å²) in [4.78, 5) is 16.5. The van der Waals surface area contributed by atoms with Crippen molar-refractivity contribution in [3.05, 3.63) is 48.5 Å². The Bertz CT molecular complexity index is 1280. The predicted molar refractivity (Wildman–Crippen MR) is 136 cm³/mol. The van der Waals surface area contributed by atoms with E-state index in [9.17, 15) is 0 Å². The summed E-state index contributed by atoms with van der Waals surface area (Å²) in [6.45, 7) is 5.73. The summed E-state index contributed by atoms with van der Waals surface area (Å²) in [5.41, 5.74) is 3.60. The molecule has 0 aromatic carbocycles. The molecule has 1 saturated heterocycles. The summed E-state index contributed by atoms with van der Waals surface area (Å²) in [6, 6.07) is 8.56. The van der Waals surface area contributed by atoms with E-state index >= 15 is 0 Å². The topological polar surface area (TPSA) is 90.2 Å². The first-order valence-corrected chi connectivity index (χ1v) is 13.0. The van der Waals surface area contributed by atoms with Gasteiger partial charge < -0.3 is 19.4 Å². The van der Waals surface area contributed by atoms with Gasteiger partial charge in [-0.15, -0.1) is 0 Å². The van der Waals surface area contributed by atoms with Gasteiger partial charge in [-0.2, -0.15) is 9.36 Å². The Morgan fingerprint density at radius 2 is 1.97 bits per heavy atom. The first-order valence-electron chi connectivity index (χ1n) is 12.2. The van der Waals surface area contributed by atoms with Gasteiger partial charge in [-0.25, -0.2) is 4.98 Å². The maximum atomic E-state index is 6.62. The number of rotatable bonds is 6. The molecule has 2 aliphatic rings. The number of morpholine rings is 1. The molecule has 4 aromatic rings. The standard InChI is InChI=1S/C25H29N7O2S/c1-17-15-22(35-30-17)28-25-27-21-8-10-32(19-3-2-9-26-16-19)23(21)24(29-25)34-20-6-4-18(5-7-20)31-11-13-33-14-12-31/h2-3,8-10,15-16,18,20H,4-7,11-14H2,1H3,(H,27,28,29)/t18-,20-. The van der Waals surface area contributed by atoms with Crippen LogP contribution in [0.25, 0.3) is 16.7 Å². The number of nitrogens with one attached hydrogen (secondary N) is 1. The van der Waals surface area contributed by atoms with Crippen LogP contribution < -0.4 is 10.1 Å². The number of aryl methyl sites for hydroxylation is 1. The van der Waals surface area contributed by atoms with Crippen LogP contribution in [0.1, 0.15) is 31.4 Å². The Balaban J connectivity index is 1.28. The average Bonchev–Trinajstić information content (AvgIpc) is 3.51. The van der Waals surface area contributed by atoms with Crippen molar-refractivity contribution in [2.75, 3.05) is 31.6 Å². The highest BCUT2D eigenvalue weighted by Gasteiger charge is 2.29. The summed E-state index contributed by atoms with van der Waals surface area (Å²) < 4.78 is 18.6. The molecule has 0 unspecified atom stereocenters. The van der Waals surface area contributed by atoms with Gasteiger partial charge in [0.15, 0.2) is 0 Å². The molecule has 35 heavy (non-hydrogen) atoms. The van der Waals surface area contributed by atoms with E-state index in [0.29, 0.717) is 17.9 Å². The molecular weight excluding hydrogens is 462 g/mol. The van der Waals surface area contributed by atoms with E-state index in [-0.39, 0.29) is 6.10 Å². The Hall–Kier alpha value is -3.08. The summed E-state index contributed by atoms with van der Waals surface area (Å²) in [5.74, 6) is 1.12. The van der Waals surface area contributed by atoms with Crippen LogP contribution in [0.4, 0.5) is 10.9 Å². The number of hydrogen-bond acceptors (Lipinski definition) is 9. The number of anilines is 2. The molecule has 0 amide bonds. The van der Waals surface area contributed by atoms with Crippen LogP contribution >= 0.6 is 11.5 Å². The lowest BCUT2D eigenvalue weighted by atomic mass is 9.91. The van der Waals surface area contributed by atoms with Gasteiger partial charge in [-0.1, -0.05) is 0 Å². The molecule has 1 aliphatic heterocycles. The van der Waals surface area contributed by atoms with Crippen LogP contribution in [0.15, 0.2) is 42.9 Å². The largest absolute Gasteiger partial charge is 0.473 e. The number of hydrogen-bond donors (Lipinski definition) is 1. The van der Waals surface area contributed by atoms with Gasteiger partial charge >= 0.3 is 0 Å². The van der Waals surface area contributed by atoms with Crippen molar-refractivity contribution in [2.24, 2.45) is 0 Å². The molecule has 0 atom stereocenters. The van der Waals surface area contributed by atoms with E-state index in [1.165, 1.54) is 11.5 Å². The highest BCUT2D eigenvalue weighted by atomic mass is 32.1. The lowest BCUT2D eigenvalue weighted by molar-refractivity contribution is -0.00127. The van der Waals surface area contributed by atoms with Gasteiger partial charge in [-0.05, 0) is 68.4 Å². The molecule has 1 saturated carbocycles. The molecule has 9 nitrogen and oxygen atoms in total. The normalized spacial score (nSPS) is 21.3. The molecule has 2 fully saturated rings. The highest BCUT2D eigenvalue weighted by molar-refractivity contribution is 7.10. The third kappa shape index (κ3) is 4.86. The Kier molecular flexibility index (Phi) is 6.32. The van der Waals surface area contributed by atoms with Gasteiger partial charge in [-0.3, -0.25) is 9.88 Å². The minimum absolute atomic E-state index is 0.126. The Morgan fingerprint density at radius 3 is 2.71 bits per heavy atom. The minimum atomic E-state index is 0.126. The number of nitrogens with zero attached hydrogens (tertiary/aromatic N) is 6. The van der Waals surface area contributed by atoms with Crippen molar-refractivity contribution in [3.63, 3.8) is 0 Å². The van der Waals surface area contributed by atoms with Crippen molar-refractivity contribution in [2.45, 2.75) is 44.8 Å². The Morgan fingerprint density at radius 1 is 1.11 bits per heavy atom. The lowest BCUT2D eigenvalue weighted by Crippen LogP contribution is -2.46. The zero-order chi connectivity index (χ0) is 23.6. The number of pyridine rings is 1. The fourth-order valence-electron chi connectivity index (χ4n) is 5.02. The smallest absolute Gasteiger partial charge is 0.244 e. The van der Waals surface area contributed by atoms with Crippen LogP contribution in [-0.4, -0.2) is 67.2 Å². The fourth-order valence-corrected chi connectivity index (χ4v) is 5.68. The average molecular weight is 492 g/mol. The molecule has 10 heteroatoms. The number of aromatic nitrogens is 5. The molecule has 1 N–H and O–H groups in total. The minimum Gasteiger partial charge on any atom is -0.473 e. The lowest BCUT2D eigenvalue weighted by Gasteiger charge is -2.38. The van der Waals surface area contributed by atoms with E-state index in [2.05, 4.69) is 24.1 Å². The Labute approximate surface area is 208 Å². The summed E-state index contributed by atoms with van der Waals surface area (Å²) in [6.07, 6.45) is 10.0. The van der Waals surface area contributed by atoms with Crippen LogP contribution in [-0.2, 0) is 4.74 Å². The van der Waals surface area contributed by atoms with Gasteiger partial charge in [0.1, 0.15) is 16.6 Å². The van der Waals surface area contributed by atoms with Crippen LogP contribution in [0.3, 0.4) is 0 Å². The van der Waals surface area contributed by atoms with Gasteiger partial charge in [0.25, 0.3) is 0 Å². The quantitative estimate of drug-likeness (QED) is 0.426. The summed E-state index contributed by atoms with van der Waals surface area (Å²) in [5, 5.41) is 4.22. The zero-order valence-corrected chi connectivity index (χ0v) is 20.6. The van der Waals surface area contributed by atoms with Crippen molar-refractivity contribution in [1.29, 1.82) is 0 Å². The molecule has 0 bridgehead atoms. The molecule has 5 heterocycles. The van der Waals surface area contributed by atoms with Gasteiger partial charge in [0.2, 0.25) is 11.8 Å². The second-order valence-corrected chi connectivity index (χ2v) is 9.94. The molecule has 0 spiro atoms. The second kappa shape index (κ2) is 9.88. The first kappa shape index (κ1) is 22.4. The molecule has 1 aliphatic carbocycles. The van der Waals surface area contributed by atoms with E-state index in [4.69, 9.17) is 19.4 Å². The monoisotopic (exact) mass is 491 g/mol.